The Morgan fingerprint density at radius 3 is 2.93 bits per heavy atom. The summed E-state index contributed by atoms with van der Waals surface area (Å²) < 4.78 is 5.74. The van der Waals surface area contributed by atoms with Gasteiger partial charge in [0, 0.05) is 23.2 Å². The van der Waals surface area contributed by atoms with Crippen molar-refractivity contribution in [2.45, 2.75) is 38.6 Å². The highest BCUT2D eigenvalue weighted by Gasteiger charge is 2.28. The van der Waals surface area contributed by atoms with E-state index in [1.807, 2.05) is 25.1 Å². The fourth-order valence-electron chi connectivity index (χ4n) is 4.27. The second kappa shape index (κ2) is 6.27. The molecule has 136 valence electrons. The number of nitrogens with one attached hydrogen (secondary N) is 1. The Hall–Kier alpha value is -3.08. The van der Waals surface area contributed by atoms with Gasteiger partial charge in [-0.1, -0.05) is 41.6 Å². The molecule has 0 saturated heterocycles. The maximum atomic E-state index is 6.05. The first kappa shape index (κ1) is 16.1. The first-order valence-electron chi connectivity index (χ1n) is 9.44. The summed E-state index contributed by atoms with van der Waals surface area (Å²) in [6, 6.07) is 14.7. The van der Waals surface area contributed by atoms with Crippen molar-refractivity contribution in [3.63, 3.8) is 0 Å². The number of guanidine groups is 1. The Morgan fingerprint density at radius 2 is 2.00 bits per heavy atom. The van der Waals surface area contributed by atoms with Gasteiger partial charge in [-0.05, 0) is 48.9 Å². The lowest BCUT2D eigenvalue weighted by atomic mass is 9.93. The van der Waals surface area contributed by atoms with Gasteiger partial charge >= 0.3 is 0 Å². The van der Waals surface area contributed by atoms with Crippen molar-refractivity contribution >= 4 is 11.6 Å². The number of hydrogen-bond acceptors (Lipinski definition) is 5. The zero-order valence-electron chi connectivity index (χ0n) is 15.3. The Bertz CT molecular complexity index is 1050. The van der Waals surface area contributed by atoms with Crippen molar-refractivity contribution in [3.8, 4) is 0 Å². The molecule has 2 heterocycles. The van der Waals surface area contributed by atoms with E-state index in [0.717, 1.165) is 28.3 Å². The number of hydrogen-bond donors (Lipinski definition) is 2. The predicted molar refractivity (Wildman–Crippen MR) is 106 cm³/mol. The first-order valence-corrected chi connectivity index (χ1v) is 9.44. The van der Waals surface area contributed by atoms with E-state index in [4.69, 9.17) is 10.3 Å². The number of aliphatic imine (C=N–C) groups is 1. The van der Waals surface area contributed by atoms with Crippen LogP contribution < -0.4 is 11.1 Å². The number of aryl methyl sites for hydroxylation is 3. The Kier molecular flexibility index (Phi) is 3.74. The Balaban J connectivity index is 1.55. The Labute approximate surface area is 158 Å². The third kappa shape index (κ3) is 2.79. The molecule has 2 aromatic carbocycles. The standard InChI is InChI=1S/C22H22N4O/c1-13-20(21-17-7-2-3-8-18(17)24-22(23)25-21)19(27-26-13)12-14-9-10-15-5-4-6-16(15)11-14/h2-3,7-11,21H,4-6,12H2,1H3,(H3,23,24,25). The van der Waals surface area contributed by atoms with E-state index in [1.54, 1.807) is 0 Å². The average Bonchev–Trinajstić information content (AvgIpc) is 3.27. The fourth-order valence-corrected chi connectivity index (χ4v) is 4.27. The largest absolute Gasteiger partial charge is 0.370 e. The molecule has 0 bridgehead atoms. The van der Waals surface area contributed by atoms with Crippen LogP contribution in [0.15, 0.2) is 52.0 Å². The molecule has 0 spiro atoms. The molecule has 1 unspecified atom stereocenters. The quantitative estimate of drug-likeness (QED) is 0.745. The van der Waals surface area contributed by atoms with E-state index >= 15 is 0 Å². The van der Waals surface area contributed by atoms with Gasteiger partial charge in [-0.25, -0.2) is 4.99 Å². The second-order valence-corrected chi connectivity index (χ2v) is 7.37. The van der Waals surface area contributed by atoms with E-state index in [9.17, 15) is 0 Å². The summed E-state index contributed by atoms with van der Waals surface area (Å²) >= 11 is 0. The summed E-state index contributed by atoms with van der Waals surface area (Å²) in [5.41, 5.74) is 14.2. The predicted octanol–water partition coefficient (Wildman–Crippen LogP) is 3.89. The summed E-state index contributed by atoms with van der Waals surface area (Å²) in [5.74, 6) is 1.28. The molecule has 0 fully saturated rings. The van der Waals surface area contributed by atoms with Crippen LogP contribution in [0.25, 0.3) is 0 Å². The number of nitrogens with zero attached hydrogens (tertiary/aromatic N) is 2. The van der Waals surface area contributed by atoms with E-state index in [-0.39, 0.29) is 6.04 Å². The van der Waals surface area contributed by atoms with Gasteiger partial charge in [0.2, 0.25) is 0 Å². The number of aromatic nitrogens is 1. The molecular weight excluding hydrogens is 336 g/mol. The topological polar surface area (TPSA) is 76.4 Å². The minimum atomic E-state index is -0.196. The molecule has 27 heavy (non-hydrogen) atoms. The van der Waals surface area contributed by atoms with Crippen LogP contribution in [-0.2, 0) is 19.3 Å². The van der Waals surface area contributed by atoms with Crippen LogP contribution in [0, 0.1) is 6.92 Å². The molecule has 2 aliphatic rings. The maximum absolute atomic E-state index is 6.05. The van der Waals surface area contributed by atoms with Gasteiger partial charge in [-0.3, -0.25) is 0 Å². The van der Waals surface area contributed by atoms with E-state index in [0.29, 0.717) is 12.4 Å². The summed E-state index contributed by atoms with van der Waals surface area (Å²) in [6.45, 7) is 1.97. The molecule has 1 aliphatic heterocycles. The number of benzene rings is 2. The van der Waals surface area contributed by atoms with Crippen LogP contribution in [-0.4, -0.2) is 11.1 Å². The van der Waals surface area contributed by atoms with Crippen molar-refractivity contribution in [1.82, 2.24) is 5.16 Å². The molecule has 3 aromatic rings. The lowest BCUT2D eigenvalue weighted by molar-refractivity contribution is 0.384. The molecule has 5 rings (SSSR count). The molecule has 0 amide bonds. The zero-order valence-corrected chi connectivity index (χ0v) is 15.3. The Morgan fingerprint density at radius 1 is 1.15 bits per heavy atom. The van der Waals surface area contributed by atoms with E-state index < -0.39 is 0 Å². The lowest BCUT2D eigenvalue weighted by Crippen LogP contribution is -2.28. The smallest absolute Gasteiger partial charge is 0.194 e. The van der Waals surface area contributed by atoms with Crippen LogP contribution in [0.5, 0.6) is 0 Å². The van der Waals surface area contributed by atoms with Gasteiger partial charge < -0.3 is 15.6 Å². The number of anilines is 1. The molecule has 5 nitrogen and oxygen atoms in total. The summed E-state index contributed by atoms with van der Waals surface area (Å²) in [7, 11) is 0. The SMILES string of the molecule is Cc1noc(Cc2ccc3c(c2)CCC3)c1C1N=C(N)Nc2ccccc21. The molecule has 1 atom stereocenters. The number of rotatable bonds is 3. The van der Waals surface area contributed by atoms with Crippen LogP contribution in [0.1, 0.15) is 51.7 Å². The fraction of sp³-hybridized carbons (Fsp3) is 0.273. The maximum Gasteiger partial charge on any atom is 0.194 e. The van der Waals surface area contributed by atoms with Crippen molar-refractivity contribution in [2.75, 3.05) is 5.32 Å². The van der Waals surface area contributed by atoms with Crippen molar-refractivity contribution < 1.29 is 4.52 Å². The van der Waals surface area contributed by atoms with Crippen molar-refractivity contribution in [2.24, 2.45) is 10.7 Å². The van der Waals surface area contributed by atoms with Crippen LogP contribution >= 0.6 is 0 Å². The molecule has 3 N–H and O–H groups in total. The highest BCUT2D eigenvalue weighted by Crippen LogP contribution is 2.38. The third-order valence-electron chi connectivity index (χ3n) is 5.57. The van der Waals surface area contributed by atoms with Crippen molar-refractivity contribution in [1.29, 1.82) is 0 Å². The van der Waals surface area contributed by atoms with Gasteiger partial charge in [0.1, 0.15) is 11.8 Å². The number of para-hydroxylation sites is 1. The van der Waals surface area contributed by atoms with Crippen molar-refractivity contribution in [3.05, 3.63) is 81.7 Å². The van der Waals surface area contributed by atoms with E-state index in [2.05, 4.69) is 39.7 Å². The second-order valence-electron chi connectivity index (χ2n) is 7.37. The number of nitrogens with two attached hydrogens (primary N) is 1. The van der Waals surface area contributed by atoms with E-state index in [1.165, 1.54) is 36.0 Å². The normalized spacial score (nSPS) is 17.8. The van der Waals surface area contributed by atoms with Gasteiger partial charge in [-0.2, -0.15) is 0 Å². The zero-order chi connectivity index (χ0) is 18.4. The van der Waals surface area contributed by atoms with Gasteiger partial charge in [-0.15, -0.1) is 0 Å². The average molecular weight is 358 g/mol. The monoisotopic (exact) mass is 358 g/mol. The summed E-state index contributed by atoms with van der Waals surface area (Å²) in [5, 5.41) is 7.40. The minimum Gasteiger partial charge on any atom is -0.370 e. The third-order valence-corrected chi connectivity index (χ3v) is 5.57. The highest BCUT2D eigenvalue weighted by atomic mass is 16.5. The first-order chi connectivity index (χ1) is 13.2. The molecule has 1 aliphatic carbocycles. The molecule has 1 aromatic heterocycles. The molecule has 0 radical (unpaired) electrons. The van der Waals surface area contributed by atoms with Gasteiger partial charge in [0.25, 0.3) is 0 Å². The molecular formula is C22H22N4O. The van der Waals surface area contributed by atoms with Crippen LogP contribution in [0.3, 0.4) is 0 Å². The molecule has 0 saturated carbocycles. The highest BCUT2D eigenvalue weighted by molar-refractivity contribution is 5.95. The van der Waals surface area contributed by atoms with Crippen LogP contribution in [0.2, 0.25) is 0 Å². The molecule has 5 heteroatoms. The summed E-state index contributed by atoms with van der Waals surface area (Å²) in [6.07, 6.45) is 4.34. The van der Waals surface area contributed by atoms with Gasteiger partial charge in [0.05, 0.1) is 5.69 Å². The minimum absolute atomic E-state index is 0.196. The lowest BCUT2D eigenvalue weighted by Gasteiger charge is -2.23. The van der Waals surface area contributed by atoms with Gasteiger partial charge in [0.15, 0.2) is 5.96 Å². The van der Waals surface area contributed by atoms with Crippen LogP contribution in [0.4, 0.5) is 5.69 Å². The number of fused-ring (bicyclic) bond motifs is 2. The summed E-state index contributed by atoms with van der Waals surface area (Å²) in [4.78, 5) is 4.67.